The summed E-state index contributed by atoms with van der Waals surface area (Å²) in [4.78, 5) is 48.3. The van der Waals surface area contributed by atoms with E-state index in [-0.39, 0.29) is 33.5 Å². The maximum Gasteiger partial charge on any atom is 0.323 e. The first-order valence-electron chi connectivity index (χ1n) is 13.8. The van der Waals surface area contributed by atoms with Gasteiger partial charge in [0.05, 0.1) is 33.9 Å². The fraction of sp³-hybridized carbons (Fsp3) is 0.385. The molecule has 39 heavy (non-hydrogen) atoms. The number of carbonyl (C=O) groups is 3. The highest BCUT2D eigenvalue weighted by atomic mass is 32.2. The van der Waals surface area contributed by atoms with Crippen LogP contribution in [0.15, 0.2) is 59.9 Å². The predicted molar refractivity (Wildman–Crippen MR) is 141 cm³/mol. The van der Waals surface area contributed by atoms with Crippen LogP contribution < -0.4 is 15.4 Å². The van der Waals surface area contributed by atoms with E-state index in [0.29, 0.717) is 11.0 Å². The molecule has 206 valence electrons. The molecule has 0 radical (unpaired) electrons. The Morgan fingerprint density at radius 2 is 1.95 bits per heavy atom. The van der Waals surface area contributed by atoms with Gasteiger partial charge in [-0.3, -0.25) is 19.4 Å². The van der Waals surface area contributed by atoms with Crippen molar-refractivity contribution in [3.63, 3.8) is 0 Å². The normalized spacial score (nSPS) is 21.8. The summed E-state index contributed by atoms with van der Waals surface area (Å²) < 4.78 is 52.3. The van der Waals surface area contributed by atoms with Crippen molar-refractivity contribution in [1.82, 2.24) is 24.9 Å². The average molecular weight is 558 g/mol. The standard InChI is InChI=1S/C26H30N6O6S/c1-17(2)14-21(30-26(35)22-15-27-18-8-3-4-9-19(18)28-22)25(34)29-20-10-7-12-31(16-23(20)33)39(37,38)24-11-5-6-13-32(24)36/h3-6,8-9,11,13,15,17,20-21H,7,10,12,14,16H2,1-2H3,(H,29,34)(H,30,35)/t20-,21+/m1/s1/i16D2,20D. The smallest absolute Gasteiger partial charge is 0.323 e. The largest absolute Gasteiger partial charge is 0.618 e. The second-order valence-electron chi connectivity index (χ2n) is 9.35. The van der Waals surface area contributed by atoms with Crippen molar-refractivity contribution in [3.05, 3.63) is 65.8 Å². The molecule has 0 spiro atoms. The van der Waals surface area contributed by atoms with Crippen LogP contribution in [-0.4, -0.2) is 65.4 Å². The molecule has 2 amide bonds. The molecular weight excluding hydrogens is 524 g/mol. The lowest BCUT2D eigenvalue weighted by Crippen LogP contribution is -2.53. The summed E-state index contributed by atoms with van der Waals surface area (Å²) >= 11 is 0. The van der Waals surface area contributed by atoms with Gasteiger partial charge in [0.25, 0.3) is 5.91 Å². The number of nitrogens with zero attached hydrogens (tertiary/aromatic N) is 4. The molecule has 0 unspecified atom stereocenters. The molecule has 1 aliphatic heterocycles. The molecule has 3 heterocycles. The van der Waals surface area contributed by atoms with Gasteiger partial charge < -0.3 is 15.8 Å². The molecule has 4 rings (SSSR count). The molecule has 2 atom stereocenters. The number of fused-ring (bicyclic) bond motifs is 1. The number of hydrogen-bond donors (Lipinski definition) is 2. The van der Waals surface area contributed by atoms with Crippen LogP contribution in [0.1, 0.15) is 47.7 Å². The maximum atomic E-state index is 13.4. The molecule has 1 saturated heterocycles. The van der Waals surface area contributed by atoms with Crippen molar-refractivity contribution >= 4 is 38.7 Å². The van der Waals surface area contributed by atoms with Gasteiger partial charge >= 0.3 is 15.0 Å². The highest BCUT2D eigenvalue weighted by molar-refractivity contribution is 7.89. The van der Waals surface area contributed by atoms with E-state index >= 15 is 0 Å². The van der Waals surface area contributed by atoms with Crippen molar-refractivity contribution < 1.29 is 31.6 Å². The Morgan fingerprint density at radius 3 is 2.67 bits per heavy atom. The fourth-order valence-corrected chi connectivity index (χ4v) is 5.35. The minimum absolute atomic E-state index is 0.0373. The monoisotopic (exact) mass is 557 g/mol. The number of amides is 2. The van der Waals surface area contributed by atoms with E-state index in [2.05, 4.69) is 20.6 Å². The second kappa shape index (κ2) is 11.8. The van der Waals surface area contributed by atoms with Gasteiger partial charge in [-0.05, 0) is 43.4 Å². The molecule has 13 heteroatoms. The van der Waals surface area contributed by atoms with Crippen LogP contribution in [0.4, 0.5) is 0 Å². The Bertz CT molecular complexity index is 1640. The first kappa shape index (κ1) is 24.1. The molecule has 3 aromatic rings. The Balaban J connectivity index is 1.57. The van der Waals surface area contributed by atoms with E-state index in [1.807, 2.05) is 0 Å². The van der Waals surface area contributed by atoms with Crippen LogP contribution in [-0.2, 0) is 19.6 Å². The van der Waals surface area contributed by atoms with Crippen LogP contribution in [0.3, 0.4) is 0 Å². The summed E-state index contributed by atoms with van der Waals surface area (Å²) in [5.41, 5.74) is 0.968. The fourth-order valence-electron chi connectivity index (χ4n) is 4.01. The van der Waals surface area contributed by atoms with E-state index in [1.54, 1.807) is 38.1 Å². The molecule has 0 bridgehead atoms. The van der Waals surface area contributed by atoms with Crippen molar-refractivity contribution in [2.24, 2.45) is 5.92 Å². The number of pyridine rings is 1. The lowest BCUT2D eigenvalue weighted by molar-refractivity contribution is -0.646. The number of ketones is 1. The van der Waals surface area contributed by atoms with Crippen LogP contribution >= 0.6 is 0 Å². The van der Waals surface area contributed by atoms with E-state index in [4.69, 9.17) is 4.11 Å². The van der Waals surface area contributed by atoms with Crippen LogP contribution in [0, 0.1) is 11.1 Å². The van der Waals surface area contributed by atoms with E-state index < -0.39 is 64.2 Å². The SMILES string of the molecule is [2H]C1([2H])C(=O)[C@]([2H])(NC(=O)[C@H](CC(C)C)NC(=O)c2cnc3ccccc3n2)CCCN1S(=O)(=O)c1cccc[n+]1[O-]. The number of carbonyl (C=O) groups excluding carboxylic acids is 3. The quantitative estimate of drug-likeness (QED) is 0.305. The maximum absolute atomic E-state index is 13.4. The predicted octanol–water partition coefficient (Wildman–Crippen LogP) is 0.946. The van der Waals surface area contributed by atoms with Gasteiger partial charge in [-0.15, -0.1) is 0 Å². The molecule has 0 saturated carbocycles. The zero-order valence-corrected chi connectivity index (χ0v) is 22.1. The first-order valence-corrected chi connectivity index (χ1v) is 13.7. The summed E-state index contributed by atoms with van der Waals surface area (Å²) in [7, 11) is -4.81. The molecular formula is C26H30N6O6S. The Morgan fingerprint density at radius 1 is 1.23 bits per heavy atom. The number of rotatable bonds is 8. The van der Waals surface area contributed by atoms with Gasteiger partial charge in [-0.25, -0.2) is 13.4 Å². The summed E-state index contributed by atoms with van der Waals surface area (Å²) in [5, 5.41) is 16.2. The minimum atomic E-state index is -4.81. The second-order valence-corrected chi connectivity index (χ2v) is 11.2. The van der Waals surface area contributed by atoms with Gasteiger partial charge in [0, 0.05) is 18.7 Å². The zero-order valence-electron chi connectivity index (χ0n) is 24.3. The topological polar surface area (TPSA) is 165 Å². The number of Topliss-reactive ketones (excluding diaryl/α,β-unsaturated/α-hetero) is 1. The van der Waals surface area contributed by atoms with Gasteiger partial charge in [0.15, 0.2) is 12.0 Å². The van der Waals surface area contributed by atoms with E-state index in [9.17, 15) is 28.0 Å². The molecule has 1 aromatic carbocycles. The van der Waals surface area contributed by atoms with Crippen LogP contribution in [0.2, 0.25) is 0 Å². The number of aromatic nitrogens is 3. The zero-order chi connectivity index (χ0) is 30.9. The first-order chi connectivity index (χ1) is 19.7. The van der Waals surface area contributed by atoms with E-state index in [1.165, 1.54) is 18.3 Å². The summed E-state index contributed by atoms with van der Waals surface area (Å²) in [6.45, 7) is -0.227. The molecule has 0 aliphatic carbocycles. The number of benzene rings is 1. The van der Waals surface area contributed by atoms with Crippen LogP contribution in [0.5, 0.6) is 0 Å². The van der Waals surface area contributed by atoms with Gasteiger partial charge in [0.1, 0.15) is 11.7 Å². The minimum Gasteiger partial charge on any atom is -0.618 e. The third-order valence-corrected chi connectivity index (χ3v) is 7.61. The average Bonchev–Trinajstić information content (AvgIpc) is 3.02. The highest BCUT2D eigenvalue weighted by Crippen LogP contribution is 2.18. The summed E-state index contributed by atoms with van der Waals surface area (Å²) in [5.74, 6) is -3.30. The molecule has 2 aromatic heterocycles. The summed E-state index contributed by atoms with van der Waals surface area (Å²) in [6.07, 6.45) is 1.67. The Kier molecular flexibility index (Phi) is 7.31. The lowest BCUT2D eigenvalue weighted by Gasteiger charge is -2.23. The Hall–Kier alpha value is -3.97. The highest BCUT2D eigenvalue weighted by Gasteiger charge is 2.37. The van der Waals surface area contributed by atoms with Crippen molar-refractivity contribution in [2.75, 3.05) is 13.0 Å². The van der Waals surface area contributed by atoms with Gasteiger partial charge in [-0.1, -0.05) is 26.0 Å². The number of nitrogens with one attached hydrogen (secondary N) is 2. The van der Waals surface area contributed by atoms with Crippen LogP contribution in [0.25, 0.3) is 11.0 Å². The lowest BCUT2D eigenvalue weighted by atomic mass is 10.0. The third-order valence-electron chi connectivity index (χ3n) is 5.92. The number of para-hydroxylation sites is 2. The van der Waals surface area contributed by atoms with Crippen molar-refractivity contribution in [1.29, 1.82) is 0 Å². The Labute approximate surface area is 230 Å². The van der Waals surface area contributed by atoms with Crippen molar-refractivity contribution in [2.45, 2.75) is 50.2 Å². The molecule has 12 nitrogen and oxygen atoms in total. The van der Waals surface area contributed by atoms with Crippen molar-refractivity contribution in [3.8, 4) is 0 Å². The molecule has 2 N–H and O–H groups in total. The molecule has 1 aliphatic rings. The third kappa shape index (κ3) is 6.55. The van der Waals surface area contributed by atoms with Gasteiger partial charge in [-0.2, -0.15) is 9.04 Å². The van der Waals surface area contributed by atoms with E-state index in [0.717, 1.165) is 12.3 Å². The van der Waals surface area contributed by atoms with Gasteiger partial charge in [0.2, 0.25) is 5.91 Å². The molecule has 1 fully saturated rings. The number of sulfonamides is 1. The number of hydrogen-bond acceptors (Lipinski definition) is 8. The summed E-state index contributed by atoms with van der Waals surface area (Å²) in [6, 6.07) is 6.62.